The number of para-hydroxylation sites is 1. The van der Waals surface area contributed by atoms with Gasteiger partial charge in [-0.1, -0.05) is 48.5 Å². The van der Waals surface area contributed by atoms with Crippen LogP contribution in [0.4, 0.5) is 0 Å². The zero-order valence-corrected chi connectivity index (χ0v) is 25.3. The molecule has 0 spiro atoms. The molecule has 5 heterocycles. The molecule has 0 aliphatic rings. The first-order chi connectivity index (χ1) is 22.8. The molecule has 0 unspecified atom stereocenters. The van der Waals surface area contributed by atoms with Gasteiger partial charge in [0.25, 0.3) is 0 Å². The van der Waals surface area contributed by atoms with Crippen LogP contribution in [0, 0.1) is 0 Å². The van der Waals surface area contributed by atoms with E-state index in [1.54, 1.807) is 36.1 Å². The van der Waals surface area contributed by atoms with Crippen LogP contribution in [0.5, 0.6) is 0 Å². The van der Waals surface area contributed by atoms with Crippen LogP contribution in [-0.2, 0) is 0 Å². The molecule has 5 aromatic heterocycles. The normalized spacial score (nSPS) is 11.5. The van der Waals surface area contributed by atoms with E-state index in [1.165, 1.54) is 31.9 Å². The number of aromatic nitrogens is 6. The molecule has 9 aromatic rings. The first-order valence-electron chi connectivity index (χ1n) is 15.0. The van der Waals surface area contributed by atoms with Gasteiger partial charge in [-0.15, -0.1) is 11.3 Å². The quantitative estimate of drug-likeness (QED) is 0.195. The molecule has 0 N–H and O–H groups in total. The number of nitrogens with zero attached hydrogens (tertiary/aromatic N) is 6. The summed E-state index contributed by atoms with van der Waals surface area (Å²) in [5.41, 5.74) is 8.39. The molecule has 7 heteroatoms. The van der Waals surface area contributed by atoms with E-state index in [4.69, 9.17) is 15.0 Å². The summed E-state index contributed by atoms with van der Waals surface area (Å²) in [6, 6.07) is 39.9. The monoisotopic (exact) mass is 608 g/mol. The van der Waals surface area contributed by atoms with E-state index in [2.05, 4.69) is 111 Å². The highest BCUT2D eigenvalue weighted by Gasteiger charge is 2.17. The maximum absolute atomic E-state index is 4.97. The topological polar surface area (TPSA) is 69.4 Å². The van der Waals surface area contributed by atoms with Crippen LogP contribution in [0.25, 0.3) is 82.9 Å². The highest BCUT2D eigenvalue weighted by Crippen LogP contribution is 2.39. The predicted octanol–water partition coefficient (Wildman–Crippen LogP) is 9.64. The maximum atomic E-state index is 4.97. The highest BCUT2D eigenvalue weighted by atomic mass is 32.1. The Morgan fingerprint density at radius 2 is 1.00 bits per heavy atom. The van der Waals surface area contributed by atoms with E-state index in [9.17, 15) is 0 Å². The van der Waals surface area contributed by atoms with E-state index in [0.717, 1.165) is 33.5 Å². The molecular formula is C39H24N6S. The highest BCUT2D eigenvalue weighted by molar-refractivity contribution is 7.18. The van der Waals surface area contributed by atoms with Gasteiger partial charge in [0, 0.05) is 62.6 Å². The summed E-state index contributed by atoms with van der Waals surface area (Å²) in [5.74, 6) is 1.83. The fraction of sp³-hybridized carbons (Fsp3) is 0. The van der Waals surface area contributed by atoms with Crippen molar-refractivity contribution in [1.82, 2.24) is 29.5 Å². The number of rotatable bonds is 5. The average molecular weight is 609 g/mol. The molecule has 4 aromatic carbocycles. The molecule has 6 nitrogen and oxygen atoms in total. The van der Waals surface area contributed by atoms with Gasteiger partial charge in [0.15, 0.2) is 17.5 Å². The first-order valence-corrected chi connectivity index (χ1v) is 15.9. The number of hydrogen-bond donors (Lipinski definition) is 0. The number of thiophene rings is 1. The van der Waals surface area contributed by atoms with Gasteiger partial charge in [-0.2, -0.15) is 0 Å². The lowest BCUT2D eigenvalue weighted by Crippen LogP contribution is -2.00. The summed E-state index contributed by atoms with van der Waals surface area (Å²) in [4.78, 5) is 23.1. The van der Waals surface area contributed by atoms with Crippen LogP contribution in [0.3, 0.4) is 0 Å². The standard InChI is InChI=1S/C39H24N6S/c1-2-4-33-32(3-1)35-34(14-11-27-19-24-46-36(27)35)45(33)31-12-9-29(10-13-31)38-42-37(43-39(44-38)30-17-22-41-23-18-30)28-7-5-25(6-8-28)26-15-20-40-21-16-26/h1-24H. The van der Waals surface area contributed by atoms with Crippen LogP contribution in [0.1, 0.15) is 0 Å². The Balaban J connectivity index is 1.15. The molecule has 0 aliphatic heterocycles. The fourth-order valence-corrected chi connectivity index (χ4v) is 7.09. The lowest BCUT2D eigenvalue weighted by atomic mass is 10.0. The minimum Gasteiger partial charge on any atom is -0.309 e. The Bertz CT molecular complexity index is 2500. The Hall–Kier alpha value is -6.05. The van der Waals surface area contributed by atoms with E-state index in [0.29, 0.717) is 17.5 Å². The first kappa shape index (κ1) is 26.4. The SMILES string of the molecule is c1ccc2c(c1)c1c3sccc3ccc1n2-c1ccc(-c2nc(-c3ccncc3)nc(-c3ccc(-c4ccncc4)cc3)n2)cc1. The molecular weight excluding hydrogens is 585 g/mol. The van der Waals surface area contributed by atoms with Gasteiger partial charge < -0.3 is 4.57 Å². The molecule has 0 radical (unpaired) electrons. The maximum Gasteiger partial charge on any atom is 0.164 e. The average Bonchev–Trinajstić information content (AvgIpc) is 3.75. The third kappa shape index (κ3) is 4.45. The van der Waals surface area contributed by atoms with Gasteiger partial charge in [-0.25, -0.2) is 15.0 Å². The number of benzene rings is 4. The van der Waals surface area contributed by atoms with Crippen LogP contribution in [0.15, 0.2) is 145 Å². The van der Waals surface area contributed by atoms with Crippen LogP contribution in [-0.4, -0.2) is 29.5 Å². The van der Waals surface area contributed by atoms with Crippen molar-refractivity contribution in [3.8, 4) is 51.0 Å². The second-order valence-corrected chi connectivity index (χ2v) is 12.0. The molecule has 9 rings (SSSR count). The second kappa shape index (κ2) is 10.8. The van der Waals surface area contributed by atoms with Gasteiger partial charge in [0.1, 0.15) is 0 Å². The van der Waals surface area contributed by atoms with Crippen molar-refractivity contribution < 1.29 is 0 Å². The van der Waals surface area contributed by atoms with Crippen molar-refractivity contribution in [1.29, 1.82) is 0 Å². The van der Waals surface area contributed by atoms with Gasteiger partial charge in [-0.05, 0) is 88.6 Å². The lowest BCUT2D eigenvalue weighted by Gasteiger charge is -2.11. The van der Waals surface area contributed by atoms with Crippen molar-refractivity contribution in [2.75, 3.05) is 0 Å². The van der Waals surface area contributed by atoms with Gasteiger partial charge in [-0.3, -0.25) is 9.97 Å². The minimum absolute atomic E-state index is 0.604. The summed E-state index contributed by atoms with van der Waals surface area (Å²) in [6.45, 7) is 0. The largest absolute Gasteiger partial charge is 0.309 e. The van der Waals surface area contributed by atoms with Crippen LogP contribution >= 0.6 is 11.3 Å². The summed E-state index contributed by atoms with van der Waals surface area (Å²) < 4.78 is 3.67. The van der Waals surface area contributed by atoms with Gasteiger partial charge >= 0.3 is 0 Å². The van der Waals surface area contributed by atoms with Gasteiger partial charge in [0.2, 0.25) is 0 Å². The minimum atomic E-state index is 0.604. The summed E-state index contributed by atoms with van der Waals surface area (Å²) in [6.07, 6.45) is 7.12. The van der Waals surface area contributed by atoms with Crippen molar-refractivity contribution in [3.63, 3.8) is 0 Å². The van der Waals surface area contributed by atoms with E-state index in [1.807, 2.05) is 24.3 Å². The third-order valence-electron chi connectivity index (χ3n) is 8.37. The van der Waals surface area contributed by atoms with Gasteiger partial charge in [0.05, 0.1) is 11.0 Å². The number of hydrogen-bond acceptors (Lipinski definition) is 6. The molecule has 0 aliphatic carbocycles. The lowest BCUT2D eigenvalue weighted by molar-refractivity contribution is 1.07. The number of pyridine rings is 2. The Morgan fingerprint density at radius 1 is 0.457 bits per heavy atom. The van der Waals surface area contributed by atoms with E-state index in [-0.39, 0.29) is 0 Å². The Morgan fingerprint density at radius 3 is 1.67 bits per heavy atom. The second-order valence-electron chi connectivity index (χ2n) is 11.1. The fourth-order valence-electron chi connectivity index (χ4n) is 6.14. The molecule has 0 bridgehead atoms. The van der Waals surface area contributed by atoms with E-state index >= 15 is 0 Å². The molecule has 0 amide bonds. The number of fused-ring (bicyclic) bond motifs is 5. The molecule has 216 valence electrons. The zero-order chi connectivity index (χ0) is 30.5. The van der Waals surface area contributed by atoms with Crippen molar-refractivity contribution in [3.05, 3.63) is 145 Å². The molecule has 0 saturated heterocycles. The van der Waals surface area contributed by atoms with E-state index < -0.39 is 0 Å². The predicted molar refractivity (Wildman–Crippen MR) is 187 cm³/mol. The molecule has 0 fully saturated rings. The molecule has 46 heavy (non-hydrogen) atoms. The Labute approximate surface area is 268 Å². The third-order valence-corrected chi connectivity index (χ3v) is 9.32. The summed E-state index contributed by atoms with van der Waals surface area (Å²) in [5, 5.41) is 6.00. The molecule has 0 saturated carbocycles. The van der Waals surface area contributed by atoms with Crippen molar-refractivity contribution in [2.24, 2.45) is 0 Å². The van der Waals surface area contributed by atoms with Crippen molar-refractivity contribution in [2.45, 2.75) is 0 Å². The Kier molecular flexibility index (Phi) is 6.21. The summed E-state index contributed by atoms with van der Waals surface area (Å²) >= 11 is 1.80. The van der Waals surface area contributed by atoms with Crippen LogP contribution in [0.2, 0.25) is 0 Å². The summed E-state index contributed by atoms with van der Waals surface area (Å²) in [7, 11) is 0. The zero-order valence-electron chi connectivity index (χ0n) is 24.4. The van der Waals surface area contributed by atoms with Crippen LogP contribution < -0.4 is 0 Å². The smallest absolute Gasteiger partial charge is 0.164 e. The van der Waals surface area contributed by atoms with Crippen molar-refractivity contribution >= 4 is 43.2 Å². The molecule has 0 atom stereocenters.